The van der Waals surface area contributed by atoms with Crippen LogP contribution >= 0.6 is 0 Å². The Hall–Kier alpha value is -2.15. The number of ether oxygens (including phenoxy) is 1. The summed E-state index contributed by atoms with van der Waals surface area (Å²) in [7, 11) is -3.71. The second kappa shape index (κ2) is 5.46. The van der Waals surface area contributed by atoms with E-state index in [-0.39, 0.29) is 18.2 Å². The van der Waals surface area contributed by atoms with Crippen molar-refractivity contribution in [3.8, 4) is 11.5 Å². The summed E-state index contributed by atoms with van der Waals surface area (Å²) in [5, 5.41) is -0.477. The molecule has 0 amide bonds. The minimum atomic E-state index is -3.71. The van der Waals surface area contributed by atoms with E-state index in [9.17, 15) is 13.2 Å². The van der Waals surface area contributed by atoms with Gasteiger partial charge in [-0.3, -0.25) is 0 Å². The molecule has 0 aliphatic rings. The number of aromatic nitrogens is 1. The molecule has 0 N–H and O–H groups in total. The highest BCUT2D eigenvalue weighted by Gasteiger charge is 2.28. The van der Waals surface area contributed by atoms with Gasteiger partial charge in [-0.2, -0.15) is 0 Å². The van der Waals surface area contributed by atoms with E-state index in [1.165, 1.54) is 0 Å². The van der Waals surface area contributed by atoms with Gasteiger partial charge >= 0.3 is 5.97 Å². The van der Waals surface area contributed by atoms with Gasteiger partial charge in [0.2, 0.25) is 21.4 Å². The van der Waals surface area contributed by atoms with Crippen LogP contribution in [0.25, 0.3) is 11.5 Å². The predicted octanol–water partition coefficient (Wildman–Crippen LogP) is 1.92. The zero-order valence-electron chi connectivity index (χ0n) is 11.0. The molecule has 0 atom stereocenters. The molecule has 2 aromatic rings. The van der Waals surface area contributed by atoms with E-state index in [1.807, 2.05) is 0 Å². The van der Waals surface area contributed by atoms with Gasteiger partial charge in [-0.1, -0.05) is 18.2 Å². The highest BCUT2D eigenvalue weighted by Crippen LogP contribution is 2.25. The van der Waals surface area contributed by atoms with Crippen LogP contribution in [0.2, 0.25) is 0 Å². The summed E-state index contributed by atoms with van der Waals surface area (Å²) in [6, 6.07) is 8.71. The first-order valence-electron chi connectivity index (χ1n) is 5.87. The number of hydrogen-bond donors (Lipinski definition) is 0. The van der Waals surface area contributed by atoms with E-state index in [1.54, 1.807) is 37.3 Å². The minimum absolute atomic E-state index is 0.0640. The average molecular weight is 295 g/mol. The minimum Gasteiger partial charge on any atom is -0.461 e. The van der Waals surface area contributed by atoms with Crippen molar-refractivity contribution in [1.29, 1.82) is 0 Å². The normalized spacial score (nSPS) is 11.3. The molecule has 0 unspecified atom stereocenters. The molecule has 0 bridgehead atoms. The number of carbonyl (C=O) groups is 1. The number of esters is 1. The van der Waals surface area contributed by atoms with Crippen molar-refractivity contribution in [3.63, 3.8) is 0 Å². The molecule has 0 aliphatic heterocycles. The number of oxazole rings is 1. The molecule has 0 saturated carbocycles. The topological polar surface area (TPSA) is 86.5 Å². The van der Waals surface area contributed by atoms with Gasteiger partial charge in [0, 0.05) is 11.8 Å². The summed E-state index contributed by atoms with van der Waals surface area (Å²) in [6.07, 6.45) is 0.949. The van der Waals surface area contributed by atoms with Crippen LogP contribution in [0.5, 0.6) is 0 Å². The standard InChI is InChI=1S/C13H13NO5S/c1-3-18-12(15)10-13(20(2,16)17)19-11(14-10)9-7-5-4-6-8-9/h4-8H,3H2,1-2H3. The lowest BCUT2D eigenvalue weighted by Crippen LogP contribution is -2.10. The van der Waals surface area contributed by atoms with Crippen LogP contribution in [0.3, 0.4) is 0 Å². The Morgan fingerprint density at radius 3 is 2.50 bits per heavy atom. The van der Waals surface area contributed by atoms with Crippen LogP contribution in [0.1, 0.15) is 17.4 Å². The van der Waals surface area contributed by atoms with Crippen molar-refractivity contribution in [2.45, 2.75) is 12.0 Å². The van der Waals surface area contributed by atoms with Crippen molar-refractivity contribution >= 4 is 15.8 Å². The molecule has 0 saturated heterocycles. The first-order valence-corrected chi connectivity index (χ1v) is 7.76. The number of rotatable bonds is 4. The predicted molar refractivity (Wildman–Crippen MR) is 71.0 cm³/mol. The first-order chi connectivity index (χ1) is 9.43. The molecule has 0 radical (unpaired) electrons. The summed E-state index contributed by atoms with van der Waals surface area (Å²) >= 11 is 0. The Morgan fingerprint density at radius 2 is 1.95 bits per heavy atom. The molecular weight excluding hydrogens is 282 g/mol. The third-order valence-electron chi connectivity index (χ3n) is 2.42. The lowest BCUT2D eigenvalue weighted by molar-refractivity contribution is 0.0513. The monoisotopic (exact) mass is 295 g/mol. The van der Waals surface area contributed by atoms with Crippen molar-refractivity contribution in [2.24, 2.45) is 0 Å². The molecule has 6 nitrogen and oxygen atoms in total. The highest BCUT2D eigenvalue weighted by atomic mass is 32.2. The van der Waals surface area contributed by atoms with E-state index in [0.29, 0.717) is 5.56 Å². The van der Waals surface area contributed by atoms with Gasteiger partial charge in [0.25, 0.3) is 5.09 Å². The molecule has 0 spiro atoms. The van der Waals surface area contributed by atoms with E-state index in [4.69, 9.17) is 9.15 Å². The number of sulfone groups is 1. The number of benzene rings is 1. The summed E-state index contributed by atoms with van der Waals surface area (Å²) in [5.41, 5.74) is 0.251. The van der Waals surface area contributed by atoms with E-state index >= 15 is 0 Å². The van der Waals surface area contributed by atoms with Crippen molar-refractivity contribution in [1.82, 2.24) is 4.98 Å². The Morgan fingerprint density at radius 1 is 1.30 bits per heavy atom. The fourth-order valence-electron chi connectivity index (χ4n) is 1.59. The summed E-state index contributed by atoms with van der Waals surface area (Å²) in [5.74, 6) is -0.757. The Balaban J connectivity index is 2.56. The van der Waals surface area contributed by atoms with Crippen molar-refractivity contribution < 1.29 is 22.4 Å². The largest absolute Gasteiger partial charge is 0.461 e. The summed E-state index contributed by atoms with van der Waals surface area (Å²) < 4.78 is 33.4. The fraction of sp³-hybridized carbons (Fsp3) is 0.231. The van der Waals surface area contributed by atoms with Gasteiger partial charge in [0.1, 0.15) is 0 Å². The molecule has 1 aromatic heterocycles. The second-order valence-electron chi connectivity index (χ2n) is 4.01. The number of nitrogens with zero attached hydrogens (tertiary/aromatic N) is 1. The number of hydrogen-bond acceptors (Lipinski definition) is 6. The smallest absolute Gasteiger partial charge is 0.361 e. The molecular formula is C13H13NO5S. The van der Waals surface area contributed by atoms with Gasteiger partial charge < -0.3 is 9.15 Å². The Kier molecular flexibility index (Phi) is 3.89. The van der Waals surface area contributed by atoms with Crippen LogP contribution in [0.4, 0.5) is 0 Å². The quantitative estimate of drug-likeness (QED) is 0.801. The lowest BCUT2D eigenvalue weighted by atomic mass is 10.2. The van der Waals surface area contributed by atoms with Crippen LogP contribution in [0, 0.1) is 0 Å². The fourth-order valence-corrected chi connectivity index (χ4v) is 2.30. The second-order valence-corrected chi connectivity index (χ2v) is 5.93. The maximum absolute atomic E-state index is 11.7. The zero-order chi connectivity index (χ0) is 14.8. The molecule has 1 heterocycles. The van der Waals surface area contributed by atoms with Crippen molar-refractivity contribution in [2.75, 3.05) is 12.9 Å². The summed E-state index contributed by atoms with van der Waals surface area (Å²) in [4.78, 5) is 15.7. The Labute approximate surface area is 116 Å². The molecule has 0 aliphatic carbocycles. The van der Waals surface area contributed by atoms with Gasteiger partial charge in [0.15, 0.2) is 0 Å². The molecule has 0 fully saturated rings. The van der Waals surface area contributed by atoms with Crippen LogP contribution < -0.4 is 0 Å². The summed E-state index contributed by atoms with van der Waals surface area (Å²) in [6.45, 7) is 1.74. The molecule has 1 aromatic carbocycles. The molecule has 106 valence electrons. The first kappa shape index (κ1) is 14.3. The van der Waals surface area contributed by atoms with E-state index < -0.39 is 20.9 Å². The van der Waals surface area contributed by atoms with Gasteiger partial charge in [-0.25, -0.2) is 18.2 Å². The number of carbonyl (C=O) groups excluding carboxylic acids is 1. The highest BCUT2D eigenvalue weighted by molar-refractivity contribution is 7.90. The van der Waals surface area contributed by atoms with Crippen LogP contribution in [-0.4, -0.2) is 32.2 Å². The zero-order valence-corrected chi connectivity index (χ0v) is 11.8. The Bertz CT molecular complexity index is 718. The van der Waals surface area contributed by atoms with E-state index in [2.05, 4.69) is 4.98 Å². The molecule has 7 heteroatoms. The van der Waals surface area contributed by atoms with Crippen LogP contribution in [0.15, 0.2) is 39.8 Å². The third kappa shape index (κ3) is 2.88. The molecule has 2 rings (SSSR count). The average Bonchev–Trinajstić information content (AvgIpc) is 2.85. The maximum Gasteiger partial charge on any atom is 0.361 e. The van der Waals surface area contributed by atoms with Crippen LogP contribution in [-0.2, 0) is 14.6 Å². The van der Waals surface area contributed by atoms with Gasteiger partial charge in [-0.15, -0.1) is 0 Å². The van der Waals surface area contributed by atoms with Gasteiger partial charge in [-0.05, 0) is 19.1 Å². The van der Waals surface area contributed by atoms with Crippen molar-refractivity contribution in [3.05, 3.63) is 36.0 Å². The molecule has 20 heavy (non-hydrogen) atoms. The maximum atomic E-state index is 11.7. The van der Waals surface area contributed by atoms with Gasteiger partial charge in [0.05, 0.1) is 6.61 Å². The van der Waals surface area contributed by atoms with E-state index in [0.717, 1.165) is 6.26 Å². The SMILES string of the molecule is CCOC(=O)c1nc(-c2ccccc2)oc1S(C)(=O)=O. The third-order valence-corrected chi connectivity index (χ3v) is 3.37. The lowest BCUT2D eigenvalue weighted by Gasteiger charge is -1.98.